The molecular formula is C16H32N4O8. The van der Waals surface area contributed by atoms with Gasteiger partial charge in [0.15, 0.2) is 12.6 Å². The van der Waals surface area contributed by atoms with Gasteiger partial charge < -0.3 is 30.6 Å². The van der Waals surface area contributed by atoms with Crippen LogP contribution >= 0.6 is 0 Å². The maximum Gasteiger partial charge on any atom is 0.317 e. The average Bonchev–Trinajstić information content (AvgIpc) is 2.55. The Hall–Kier alpha value is -1.38. The Morgan fingerprint density at radius 1 is 0.571 bits per heavy atom. The third kappa shape index (κ3) is 11.5. The summed E-state index contributed by atoms with van der Waals surface area (Å²) >= 11 is 0. The minimum absolute atomic E-state index is 0.0232. The normalized spacial score (nSPS) is 20.2. The van der Waals surface area contributed by atoms with Gasteiger partial charge in [-0.15, -0.1) is 0 Å². The summed E-state index contributed by atoms with van der Waals surface area (Å²) in [5.74, 6) is -1.97. The van der Waals surface area contributed by atoms with E-state index in [-0.39, 0.29) is 26.2 Å². The van der Waals surface area contributed by atoms with Crippen LogP contribution in [0.2, 0.25) is 0 Å². The van der Waals surface area contributed by atoms with Gasteiger partial charge in [-0.1, -0.05) is 0 Å². The molecule has 0 aromatic carbocycles. The van der Waals surface area contributed by atoms with Crippen LogP contribution in [-0.2, 0) is 9.59 Å². The van der Waals surface area contributed by atoms with Crippen molar-refractivity contribution >= 4 is 11.9 Å². The summed E-state index contributed by atoms with van der Waals surface area (Å²) in [6, 6.07) is 0. The number of aliphatic hydroxyl groups excluding tert-OH is 2. The van der Waals surface area contributed by atoms with Crippen molar-refractivity contribution in [3.8, 4) is 0 Å². The number of carboxylic acid groups (broad SMARTS) is 2. The molecule has 1 aliphatic rings. The first-order chi connectivity index (χ1) is 13.2. The quantitative estimate of drug-likeness (QED) is 0.216. The predicted molar refractivity (Wildman–Crippen MR) is 97.5 cm³/mol. The van der Waals surface area contributed by atoms with Crippen LogP contribution in [-0.4, -0.2) is 153 Å². The molecule has 0 unspecified atom stereocenters. The number of nitrogens with zero attached hydrogens (tertiary/aromatic N) is 4. The first kappa shape index (κ1) is 24.7. The Morgan fingerprint density at radius 3 is 1.04 bits per heavy atom. The largest absolute Gasteiger partial charge is 0.480 e. The topological polar surface area (TPSA) is 168 Å². The molecule has 164 valence electrons. The molecular weight excluding hydrogens is 376 g/mol. The molecule has 1 heterocycles. The molecule has 0 aliphatic carbocycles. The lowest BCUT2D eigenvalue weighted by Crippen LogP contribution is -2.49. The molecule has 1 fully saturated rings. The number of hydrogen-bond donors (Lipinski definition) is 6. The molecule has 1 aliphatic heterocycles. The molecule has 12 heteroatoms. The number of β-amino-alcohol motifs (C(OH)–C–C–N with tert-alkyl or cyclic N) is 4. The van der Waals surface area contributed by atoms with E-state index in [4.69, 9.17) is 10.2 Å². The average molecular weight is 408 g/mol. The molecule has 1 rings (SSSR count). The Balaban J connectivity index is 2.87. The van der Waals surface area contributed by atoms with Crippen molar-refractivity contribution in [2.24, 2.45) is 0 Å². The van der Waals surface area contributed by atoms with Gasteiger partial charge in [0.1, 0.15) is 0 Å². The van der Waals surface area contributed by atoms with Crippen molar-refractivity contribution in [2.75, 3.05) is 78.5 Å². The van der Waals surface area contributed by atoms with Crippen LogP contribution in [0, 0.1) is 0 Å². The fraction of sp³-hybridized carbons (Fsp3) is 0.875. The van der Waals surface area contributed by atoms with E-state index < -0.39 is 24.5 Å². The minimum Gasteiger partial charge on any atom is -0.480 e. The maximum atomic E-state index is 11.1. The van der Waals surface area contributed by atoms with Gasteiger partial charge in [-0.25, -0.2) is 0 Å². The number of rotatable bonds is 8. The molecule has 1 saturated heterocycles. The summed E-state index contributed by atoms with van der Waals surface area (Å²) in [5.41, 5.74) is 0. The third-order valence-corrected chi connectivity index (χ3v) is 4.49. The molecule has 0 atom stereocenters. The van der Waals surface area contributed by atoms with Gasteiger partial charge in [-0.2, -0.15) is 0 Å². The molecule has 0 spiro atoms. The zero-order valence-electron chi connectivity index (χ0n) is 15.9. The first-order valence-corrected chi connectivity index (χ1v) is 9.21. The Bertz CT molecular complexity index is 422. The predicted octanol–water partition coefficient (Wildman–Crippen LogP) is -4.00. The van der Waals surface area contributed by atoms with Gasteiger partial charge in [0.05, 0.1) is 13.1 Å². The highest BCUT2D eigenvalue weighted by Crippen LogP contribution is 2.02. The van der Waals surface area contributed by atoms with Crippen LogP contribution in [0.25, 0.3) is 0 Å². The molecule has 0 amide bonds. The number of aliphatic hydroxyl groups is 4. The number of aliphatic carboxylic acids is 2. The summed E-state index contributed by atoms with van der Waals surface area (Å²) < 4.78 is 0. The summed E-state index contributed by atoms with van der Waals surface area (Å²) in [6.07, 6.45) is -3.09. The van der Waals surface area contributed by atoms with E-state index in [2.05, 4.69) is 0 Å². The van der Waals surface area contributed by atoms with Gasteiger partial charge in [-0.05, 0) is 0 Å². The van der Waals surface area contributed by atoms with Gasteiger partial charge in [0.2, 0.25) is 0 Å². The van der Waals surface area contributed by atoms with E-state index in [1.165, 1.54) is 0 Å². The van der Waals surface area contributed by atoms with Crippen molar-refractivity contribution in [1.29, 1.82) is 0 Å². The van der Waals surface area contributed by atoms with Gasteiger partial charge in [0, 0.05) is 65.4 Å². The molecule has 0 radical (unpaired) electrons. The van der Waals surface area contributed by atoms with Crippen molar-refractivity contribution in [3.63, 3.8) is 0 Å². The highest BCUT2D eigenvalue weighted by Gasteiger charge is 2.20. The van der Waals surface area contributed by atoms with Crippen LogP contribution in [0.3, 0.4) is 0 Å². The molecule has 0 saturated carbocycles. The van der Waals surface area contributed by atoms with Crippen LogP contribution < -0.4 is 0 Å². The second-order valence-corrected chi connectivity index (χ2v) is 6.90. The summed E-state index contributed by atoms with van der Waals surface area (Å²) in [5, 5.41) is 55.3. The molecule has 0 aromatic heterocycles. The van der Waals surface area contributed by atoms with Crippen LogP contribution in [0.15, 0.2) is 0 Å². The van der Waals surface area contributed by atoms with Crippen LogP contribution in [0.1, 0.15) is 0 Å². The maximum absolute atomic E-state index is 11.1. The Kier molecular flexibility index (Phi) is 11.4. The molecule has 6 N–H and O–H groups in total. The fourth-order valence-electron chi connectivity index (χ4n) is 3.10. The first-order valence-electron chi connectivity index (χ1n) is 9.21. The van der Waals surface area contributed by atoms with Gasteiger partial charge in [0.25, 0.3) is 0 Å². The molecule has 0 aromatic rings. The van der Waals surface area contributed by atoms with Gasteiger partial charge >= 0.3 is 11.9 Å². The zero-order chi connectivity index (χ0) is 21.1. The number of carboxylic acids is 2. The van der Waals surface area contributed by atoms with Gasteiger partial charge in [-0.3, -0.25) is 29.2 Å². The highest BCUT2D eigenvalue weighted by molar-refractivity contribution is 5.69. The highest BCUT2D eigenvalue weighted by atomic mass is 16.5. The van der Waals surface area contributed by atoms with Crippen molar-refractivity contribution in [1.82, 2.24) is 19.6 Å². The third-order valence-electron chi connectivity index (χ3n) is 4.49. The SMILES string of the molecule is O=C(O)CN1CCN(CC(O)O)CCN(CC(=O)O)CCN(CC(O)O)CC1. The van der Waals surface area contributed by atoms with E-state index in [0.717, 1.165) is 0 Å². The van der Waals surface area contributed by atoms with E-state index in [1.807, 2.05) is 0 Å². The lowest BCUT2D eigenvalue weighted by atomic mass is 10.3. The zero-order valence-corrected chi connectivity index (χ0v) is 15.9. The van der Waals surface area contributed by atoms with E-state index in [9.17, 15) is 30.0 Å². The standard InChI is InChI=1S/C16H32N4O8/c21-13(22)9-17-1-2-18(10-14(23)24)5-6-20(12-16(27)28)8-7-19(4-3-17)11-15(25)26/h13,16,21-22,27-28H,1-12H2,(H,23,24)(H,25,26). The molecule has 28 heavy (non-hydrogen) atoms. The van der Waals surface area contributed by atoms with Crippen molar-refractivity contribution in [3.05, 3.63) is 0 Å². The summed E-state index contributed by atoms with van der Waals surface area (Å²) in [6.45, 7) is 2.59. The Morgan fingerprint density at radius 2 is 0.821 bits per heavy atom. The van der Waals surface area contributed by atoms with Crippen LogP contribution in [0.5, 0.6) is 0 Å². The number of hydrogen-bond acceptors (Lipinski definition) is 10. The minimum atomic E-state index is -1.55. The second kappa shape index (κ2) is 13.0. The van der Waals surface area contributed by atoms with E-state index in [0.29, 0.717) is 52.4 Å². The summed E-state index contributed by atoms with van der Waals surface area (Å²) in [7, 11) is 0. The summed E-state index contributed by atoms with van der Waals surface area (Å²) in [4.78, 5) is 29.1. The lowest BCUT2D eigenvalue weighted by molar-refractivity contribution is -0.139. The Labute approximate surface area is 163 Å². The molecule has 0 bridgehead atoms. The monoisotopic (exact) mass is 408 g/mol. The second-order valence-electron chi connectivity index (χ2n) is 6.90. The fourth-order valence-corrected chi connectivity index (χ4v) is 3.10. The lowest BCUT2D eigenvalue weighted by Gasteiger charge is -2.33. The van der Waals surface area contributed by atoms with E-state index in [1.54, 1.807) is 19.6 Å². The van der Waals surface area contributed by atoms with Crippen LogP contribution in [0.4, 0.5) is 0 Å². The van der Waals surface area contributed by atoms with Crippen molar-refractivity contribution in [2.45, 2.75) is 12.6 Å². The number of carbonyl (C=O) groups is 2. The molecule has 12 nitrogen and oxygen atoms in total. The van der Waals surface area contributed by atoms with Crippen molar-refractivity contribution < 1.29 is 40.2 Å². The van der Waals surface area contributed by atoms with E-state index >= 15 is 0 Å². The smallest absolute Gasteiger partial charge is 0.317 e.